The highest BCUT2D eigenvalue weighted by Crippen LogP contribution is 2.20. The normalized spacial score (nSPS) is 9.67. The molecular formula is C11H14N2O2. The van der Waals surface area contributed by atoms with Gasteiger partial charge in [0, 0.05) is 19.2 Å². The lowest BCUT2D eigenvalue weighted by Gasteiger charge is -2.10. The van der Waals surface area contributed by atoms with Gasteiger partial charge in [-0.25, -0.2) is 0 Å². The zero-order valence-electron chi connectivity index (χ0n) is 8.69. The second-order valence-corrected chi connectivity index (χ2v) is 3.03. The molecule has 80 valence electrons. The highest BCUT2D eigenvalue weighted by atomic mass is 16.7. The average Bonchev–Trinajstić information content (AvgIpc) is 2.27. The summed E-state index contributed by atoms with van der Waals surface area (Å²) in [6.45, 7) is 0.592. The maximum Gasteiger partial charge on any atom is 0.188 e. The van der Waals surface area contributed by atoms with E-state index in [0.717, 1.165) is 11.1 Å². The first kappa shape index (κ1) is 11.5. The van der Waals surface area contributed by atoms with E-state index in [1.807, 2.05) is 18.2 Å². The number of methoxy groups -OCH3 is 1. The summed E-state index contributed by atoms with van der Waals surface area (Å²) >= 11 is 0. The van der Waals surface area contributed by atoms with Crippen molar-refractivity contribution in [1.82, 2.24) is 0 Å². The number of hydrogen-bond acceptors (Lipinski definition) is 4. The van der Waals surface area contributed by atoms with E-state index < -0.39 is 0 Å². The number of nitrogens with zero attached hydrogens (tertiary/aromatic N) is 1. The number of benzene rings is 1. The molecule has 0 aliphatic carbocycles. The summed E-state index contributed by atoms with van der Waals surface area (Å²) in [7, 11) is 1.56. The second-order valence-electron chi connectivity index (χ2n) is 3.03. The lowest BCUT2D eigenvalue weighted by atomic mass is 10.1. The molecule has 0 bridgehead atoms. The molecule has 0 amide bonds. The van der Waals surface area contributed by atoms with Gasteiger partial charge in [0.05, 0.1) is 12.5 Å². The van der Waals surface area contributed by atoms with Gasteiger partial charge < -0.3 is 15.2 Å². The lowest BCUT2D eigenvalue weighted by molar-refractivity contribution is 0.0504. The summed E-state index contributed by atoms with van der Waals surface area (Å²) in [6.07, 6.45) is 0.369. The number of hydrogen-bond donors (Lipinski definition) is 1. The van der Waals surface area contributed by atoms with E-state index in [4.69, 9.17) is 20.5 Å². The van der Waals surface area contributed by atoms with Crippen LogP contribution < -0.4 is 10.5 Å². The quantitative estimate of drug-likeness (QED) is 0.735. The van der Waals surface area contributed by atoms with Crippen molar-refractivity contribution in [2.75, 3.05) is 13.9 Å². The molecule has 0 fully saturated rings. The van der Waals surface area contributed by atoms with Crippen LogP contribution in [0.2, 0.25) is 0 Å². The molecule has 0 unspecified atom stereocenters. The van der Waals surface area contributed by atoms with Gasteiger partial charge in [0.1, 0.15) is 5.75 Å². The fourth-order valence-electron chi connectivity index (χ4n) is 1.23. The van der Waals surface area contributed by atoms with Crippen molar-refractivity contribution in [2.45, 2.75) is 13.0 Å². The largest absolute Gasteiger partial charge is 0.467 e. The van der Waals surface area contributed by atoms with Gasteiger partial charge in [-0.05, 0) is 11.6 Å². The SMILES string of the molecule is COCOc1cc(CC#N)ccc1CN. The van der Waals surface area contributed by atoms with Crippen molar-refractivity contribution >= 4 is 0 Å². The lowest BCUT2D eigenvalue weighted by Crippen LogP contribution is -2.05. The highest BCUT2D eigenvalue weighted by Gasteiger charge is 2.03. The summed E-state index contributed by atoms with van der Waals surface area (Å²) in [5.41, 5.74) is 7.39. The molecule has 0 saturated carbocycles. The topological polar surface area (TPSA) is 68.3 Å². The van der Waals surface area contributed by atoms with Crippen LogP contribution in [0.1, 0.15) is 11.1 Å². The Morgan fingerprint density at radius 1 is 1.47 bits per heavy atom. The maximum atomic E-state index is 8.57. The first-order valence-corrected chi connectivity index (χ1v) is 4.62. The molecule has 0 atom stereocenters. The Balaban J connectivity index is 2.87. The van der Waals surface area contributed by atoms with Crippen LogP contribution in [0.5, 0.6) is 5.75 Å². The van der Waals surface area contributed by atoms with Crippen molar-refractivity contribution < 1.29 is 9.47 Å². The van der Waals surface area contributed by atoms with E-state index in [9.17, 15) is 0 Å². The van der Waals surface area contributed by atoms with Crippen LogP contribution in [-0.2, 0) is 17.7 Å². The predicted molar refractivity (Wildman–Crippen MR) is 56.2 cm³/mol. The molecule has 15 heavy (non-hydrogen) atoms. The van der Waals surface area contributed by atoms with Gasteiger partial charge in [0.15, 0.2) is 6.79 Å². The van der Waals surface area contributed by atoms with Gasteiger partial charge in [-0.2, -0.15) is 5.26 Å². The molecule has 2 N–H and O–H groups in total. The summed E-state index contributed by atoms with van der Waals surface area (Å²) in [5.74, 6) is 0.687. The highest BCUT2D eigenvalue weighted by molar-refractivity contribution is 5.38. The van der Waals surface area contributed by atoms with Gasteiger partial charge in [0.2, 0.25) is 0 Å². The Morgan fingerprint density at radius 3 is 2.87 bits per heavy atom. The fourth-order valence-corrected chi connectivity index (χ4v) is 1.23. The number of nitriles is 1. The van der Waals surface area contributed by atoms with Crippen molar-refractivity contribution in [1.29, 1.82) is 5.26 Å². The first-order valence-electron chi connectivity index (χ1n) is 4.62. The maximum absolute atomic E-state index is 8.57. The zero-order chi connectivity index (χ0) is 11.1. The minimum absolute atomic E-state index is 0.184. The van der Waals surface area contributed by atoms with Crippen LogP contribution in [0.3, 0.4) is 0 Å². The third-order valence-corrected chi connectivity index (χ3v) is 1.97. The smallest absolute Gasteiger partial charge is 0.188 e. The molecule has 1 rings (SSSR count). The predicted octanol–water partition coefficient (Wildman–Crippen LogP) is 1.19. The van der Waals surface area contributed by atoms with Gasteiger partial charge in [0.25, 0.3) is 0 Å². The van der Waals surface area contributed by atoms with Crippen molar-refractivity contribution in [3.8, 4) is 11.8 Å². The molecule has 0 saturated heterocycles. The Labute approximate surface area is 89.2 Å². The minimum atomic E-state index is 0.184. The molecule has 0 aliphatic rings. The molecule has 0 radical (unpaired) electrons. The summed E-state index contributed by atoms with van der Waals surface area (Å²) in [5, 5.41) is 8.57. The van der Waals surface area contributed by atoms with Crippen molar-refractivity contribution in [2.24, 2.45) is 5.73 Å². The van der Waals surface area contributed by atoms with E-state index in [2.05, 4.69) is 6.07 Å². The summed E-state index contributed by atoms with van der Waals surface area (Å²) < 4.78 is 10.2. The van der Waals surface area contributed by atoms with Gasteiger partial charge in [-0.15, -0.1) is 0 Å². The van der Waals surface area contributed by atoms with Crippen LogP contribution in [0.4, 0.5) is 0 Å². The van der Waals surface area contributed by atoms with E-state index >= 15 is 0 Å². The number of nitrogens with two attached hydrogens (primary N) is 1. The third-order valence-electron chi connectivity index (χ3n) is 1.97. The Bertz CT molecular complexity index is 358. The summed E-state index contributed by atoms with van der Waals surface area (Å²) in [6, 6.07) is 7.66. The number of rotatable bonds is 5. The monoisotopic (exact) mass is 206 g/mol. The zero-order valence-corrected chi connectivity index (χ0v) is 8.69. The van der Waals surface area contributed by atoms with Crippen LogP contribution in [0.25, 0.3) is 0 Å². The van der Waals surface area contributed by atoms with E-state index in [1.54, 1.807) is 7.11 Å². The third kappa shape index (κ3) is 3.24. The van der Waals surface area contributed by atoms with E-state index in [0.29, 0.717) is 18.7 Å². The molecule has 1 aromatic rings. The van der Waals surface area contributed by atoms with E-state index in [-0.39, 0.29) is 6.79 Å². The molecule has 0 heterocycles. The molecular weight excluding hydrogens is 192 g/mol. The first-order chi connectivity index (χ1) is 7.31. The average molecular weight is 206 g/mol. The second kappa shape index (κ2) is 6.02. The Hall–Kier alpha value is -1.57. The number of ether oxygens (including phenoxy) is 2. The van der Waals surface area contributed by atoms with E-state index in [1.165, 1.54) is 0 Å². The summed E-state index contributed by atoms with van der Waals surface area (Å²) in [4.78, 5) is 0. The van der Waals surface area contributed by atoms with Gasteiger partial charge >= 0.3 is 0 Å². The molecule has 4 nitrogen and oxygen atoms in total. The van der Waals surface area contributed by atoms with Crippen molar-refractivity contribution in [3.05, 3.63) is 29.3 Å². The van der Waals surface area contributed by atoms with Crippen LogP contribution in [-0.4, -0.2) is 13.9 Å². The Morgan fingerprint density at radius 2 is 2.27 bits per heavy atom. The van der Waals surface area contributed by atoms with Crippen LogP contribution in [0.15, 0.2) is 18.2 Å². The molecule has 1 aromatic carbocycles. The fraction of sp³-hybridized carbons (Fsp3) is 0.364. The minimum Gasteiger partial charge on any atom is -0.467 e. The molecule has 0 aliphatic heterocycles. The van der Waals surface area contributed by atoms with Crippen LogP contribution in [0, 0.1) is 11.3 Å². The molecule has 0 aromatic heterocycles. The van der Waals surface area contributed by atoms with Gasteiger partial charge in [-0.3, -0.25) is 0 Å². The Kier molecular flexibility index (Phi) is 4.61. The van der Waals surface area contributed by atoms with Gasteiger partial charge in [-0.1, -0.05) is 12.1 Å². The molecule has 0 spiro atoms. The van der Waals surface area contributed by atoms with Crippen LogP contribution >= 0.6 is 0 Å². The molecule has 4 heteroatoms. The standard InChI is InChI=1S/C11H14N2O2/c1-14-8-15-11-6-9(4-5-12)2-3-10(11)7-13/h2-3,6H,4,7-8,13H2,1H3. The van der Waals surface area contributed by atoms with Crippen molar-refractivity contribution in [3.63, 3.8) is 0 Å².